The van der Waals surface area contributed by atoms with Gasteiger partial charge in [0.25, 0.3) is 0 Å². The van der Waals surface area contributed by atoms with Gasteiger partial charge in [0.15, 0.2) is 0 Å². The summed E-state index contributed by atoms with van der Waals surface area (Å²) in [4.78, 5) is 0. The molecule has 0 radical (unpaired) electrons. The number of thiol groups is 1. The first-order valence-electron chi connectivity index (χ1n) is 6.10. The van der Waals surface area contributed by atoms with Crippen LogP contribution in [0.1, 0.15) is 40.0 Å². The van der Waals surface area contributed by atoms with Gasteiger partial charge in [-0.3, -0.25) is 0 Å². The van der Waals surface area contributed by atoms with E-state index in [4.69, 9.17) is 11.2 Å². The van der Waals surface area contributed by atoms with E-state index in [2.05, 4.69) is 26.1 Å². The summed E-state index contributed by atoms with van der Waals surface area (Å²) < 4.78 is 0. The first-order chi connectivity index (χ1) is 7.04. The Bertz CT molecular complexity index is 187. The molecule has 94 valence electrons. The summed E-state index contributed by atoms with van der Waals surface area (Å²) >= 11 is 0. The summed E-state index contributed by atoms with van der Waals surface area (Å²) in [7, 11) is 1.36. The van der Waals surface area contributed by atoms with Crippen LogP contribution in [0.25, 0.3) is 0 Å². The molecule has 0 fully saturated rings. The van der Waals surface area contributed by atoms with Crippen LogP contribution in [0.5, 0.6) is 0 Å². The van der Waals surface area contributed by atoms with Gasteiger partial charge in [0, 0.05) is 0 Å². The maximum absolute atomic E-state index is 6.87. The van der Waals surface area contributed by atoms with E-state index in [-0.39, 0.29) is 0 Å². The van der Waals surface area contributed by atoms with Gasteiger partial charge in [-0.05, 0) is 0 Å². The van der Waals surface area contributed by atoms with E-state index in [1.54, 1.807) is 0 Å². The van der Waals surface area contributed by atoms with Crippen molar-refractivity contribution in [2.24, 2.45) is 11.2 Å². The monoisotopic (exact) mass is 252 g/mol. The zero-order valence-electron chi connectivity index (χ0n) is 10.6. The van der Waals surface area contributed by atoms with Crippen LogP contribution < -0.4 is 11.2 Å². The zero-order chi connectivity index (χ0) is 11.8. The van der Waals surface area contributed by atoms with Crippen molar-refractivity contribution in [3.05, 3.63) is 0 Å². The van der Waals surface area contributed by atoms with E-state index in [1.807, 2.05) is 0 Å². The quantitative estimate of drug-likeness (QED) is 0.353. The molecule has 0 amide bonds. The molecule has 15 heavy (non-hydrogen) atoms. The minimum atomic E-state index is -1.96. The van der Waals surface area contributed by atoms with Gasteiger partial charge < -0.3 is 0 Å². The maximum atomic E-state index is 6.87. The van der Waals surface area contributed by atoms with E-state index in [0.717, 1.165) is 0 Å². The van der Waals surface area contributed by atoms with Gasteiger partial charge in [0.1, 0.15) is 0 Å². The summed E-state index contributed by atoms with van der Waals surface area (Å²) in [6.45, 7) is 7.40. The van der Waals surface area contributed by atoms with Crippen LogP contribution in [0.15, 0.2) is 0 Å². The molecule has 0 aromatic rings. The molecule has 0 aromatic carbocycles. The Hall–Kier alpha value is 0.570. The van der Waals surface area contributed by atoms with E-state index >= 15 is 0 Å². The van der Waals surface area contributed by atoms with Crippen LogP contribution in [0, 0.1) is 0 Å². The van der Waals surface area contributed by atoms with Crippen molar-refractivity contribution in [3.8, 4) is 0 Å². The molecule has 0 rings (SSSR count). The van der Waals surface area contributed by atoms with Crippen molar-refractivity contribution < 1.29 is 0 Å². The standard InChI is InChI=1S/C11H29N2PS/c1-4-8-14(13,9-5-2,10-6-3)15-11-7-12/h11,15H,4-10,12-13H2,1-3H3. The first kappa shape index (κ1) is 15.6. The Morgan fingerprint density at radius 1 is 1.00 bits per heavy atom. The molecule has 0 heterocycles. The van der Waals surface area contributed by atoms with Crippen molar-refractivity contribution in [3.63, 3.8) is 0 Å². The van der Waals surface area contributed by atoms with Crippen molar-refractivity contribution in [1.29, 1.82) is 0 Å². The summed E-state index contributed by atoms with van der Waals surface area (Å²) in [6.07, 6.45) is 7.31. The van der Waals surface area contributed by atoms with Crippen LogP contribution in [0.3, 0.4) is 0 Å². The number of nitrogens with two attached hydrogens (primary N) is 2. The number of rotatable bonds is 8. The molecule has 4 N–H and O–H groups in total. The van der Waals surface area contributed by atoms with Gasteiger partial charge in [-0.2, -0.15) is 0 Å². The van der Waals surface area contributed by atoms with Crippen LogP contribution in [0.4, 0.5) is 0 Å². The van der Waals surface area contributed by atoms with Crippen molar-refractivity contribution in [1.82, 2.24) is 0 Å². The minimum absolute atomic E-state index is 0.661. The number of hydrogen-bond acceptors (Lipinski definition) is 2. The van der Waals surface area contributed by atoms with E-state index in [0.29, 0.717) is 6.54 Å². The second-order valence-electron chi connectivity index (χ2n) is 4.46. The SMILES string of the molecule is CCCP(N)(CCC)(CCC)[SH]=CCN. The van der Waals surface area contributed by atoms with Gasteiger partial charge in [-0.1, -0.05) is 0 Å². The summed E-state index contributed by atoms with van der Waals surface area (Å²) in [5.74, 6) is -1.96. The molecule has 4 heteroatoms. The van der Waals surface area contributed by atoms with Gasteiger partial charge in [0.2, 0.25) is 0 Å². The Balaban J connectivity index is 4.94. The van der Waals surface area contributed by atoms with Crippen LogP contribution in [0.2, 0.25) is 0 Å². The van der Waals surface area contributed by atoms with Gasteiger partial charge in [0.05, 0.1) is 0 Å². The van der Waals surface area contributed by atoms with Crippen molar-refractivity contribution in [2.75, 3.05) is 25.0 Å². The van der Waals surface area contributed by atoms with E-state index in [9.17, 15) is 0 Å². The van der Waals surface area contributed by atoms with Crippen molar-refractivity contribution in [2.45, 2.75) is 40.0 Å². The molecule has 0 unspecified atom stereocenters. The molecular weight excluding hydrogens is 223 g/mol. The second kappa shape index (κ2) is 7.01. The Labute approximate surface area is 98.9 Å². The van der Waals surface area contributed by atoms with Crippen LogP contribution in [-0.4, -0.2) is 30.4 Å². The first-order valence-corrected chi connectivity index (χ1v) is 10.6. The van der Waals surface area contributed by atoms with Gasteiger partial charge in [-0.15, -0.1) is 0 Å². The third-order valence-corrected chi connectivity index (χ3v) is 12.6. The molecule has 0 aliphatic carbocycles. The summed E-state index contributed by atoms with van der Waals surface area (Å²) in [6, 6.07) is 0. The molecule has 0 bridgehead atoms. The average Bonchev–Trinajstić information content (AvgIpc) is 2.16. The van der Waals surface area contributed by atoms with Crippen LogP contribution >= 0.6 is 16.9 Å². The molecule has 0 spiro atoms. The third kappa shape index (κ3) is 4.95. The van der Waals surface area contributed by atoms with Crippen molar-refractivity contribution >= 4 is 22.3 Å². The fourth-order valence-corrected chi connectivity index (χ4v) is 11.7. The molecule has 0 atom stereocenters. The fourth-order valence-electron chi connectivity index (χ4n) is 2.41. The fraction of sp³-hybridized carbons (Fsp3) is 0.909. The predicted octanol–water partition coefficient (Wildman–Crippen LogP) is 2.78. The molecular formula is C11H29N2PS. The molecule has 0 saturated heterocycles. The Kier molecular flexibility index (Phi) is 7.27. The normalized spacial score (nSPS) is 15.9. The Morgan fingerprint density at radius 3 is 1.67 bits per heavy atom. The van der Waals surface area contributed by atoms with Crippen LogP contribution in [-0.2, 0) is 0 Å². The molecule has 0 aromatic heterocycles. The predicted molar refractivity (Wildman–Crippen MR) is 80.7 cm³/mol. The molecule has 2 nitrogen and oxygen atoms in total. The third-order valence-electron chi connectivity index (χ3n) is 2.81. The number of hydrogen-bond donors (Lipinski definition) is 3. The molecule has 0 saturated carbocycles. The second-order valence-corrected chi connectivity index (χ2v) is 13.8. The summed E-state index contributed by atoms with van der Waals surface area (Å²) in [5, 5.41) is 2.18. The van der Waals surface area contributed by atoms with Gasteiger partial charge >= 0.3 is 98.6 Å². The molecule has 0 aliphatic rings. The molecule has 0 aliphatic heterocycles. The van der Waals surface area contributed by atoms with Gasteiger partial charge in [-0.25, -0.2) is 0 Å². The van der Waals surface area contributed by atoms with E-state index in [1.165, 1.54) is 48.7 Å². The topological polar surface area (TPSA) is 52.0 Å². The zero-order valence-corrected chi connectivity index (χ0v) is 12.4. The van der Waals surface area contributed by atoms with E-state index < -0.39 is 5.96 Å². The Morgan fingerprint density at radius 2 is 1.40 bits per heavy atom. The summed E-state index contributed by atoms with van der Waals surface area (Å²) in [5.41, 5.74) is 12.5. The average molecular weight is 252 g/mol.